The molecule has 1 amide bonds. The highest BCUT2D eigenvalue weighted by molar-refractivity contribution is 5.79. The van der Waals surface area contributed by atoms with Gasteiger partial charge in [0.1, 0.15) is 11.6 Å². The quantitative estimate of drug-likeness (QED) is 0.859. The maximum atomic E-state index is 13.4. The summed E-state index contributed by atoms with van der Waals surface area (Å²) in [6, 6.07) is 3.44. The zero-order valence-electron chi connectivity index (χ0n) is 9.96. The second-order valence-electron chi connectivity index (χ2n) is 4.65. The molecule has 2 unspecified atom stereocenters. The molecule has 0 heterocycles. The van der Waals surface area contributed by atoms with Crippen LogP contribution in [0.1, 0.15) is 24.8 Å². The Bertz CT molecular complexity index is 430. The van der Waals surface area contributed by atoms with Crippen LogP contribution in [0.25, 0.3) is 0 Å². The molecule has 1 aliphatic rings. The van der Waals surface area contributed by atoms with E-state index in [0.717, 1.165) is 31.4 Å². The number of hydrogen-bond acceptors (Lipinski definition) is 2. The minimum absolute atomic E-state index is 0.0561. The van der Waals surface area contributed by atoms with Crippen LogP contribution in [0.15, 0.2) is 18.2 Å². The normalized spacial score (nSPS) is 23.1. The van der Waals surface area contributed by atoms with Gasteiger partial charge in [-0.1, -0.05) is 6.07 Å². The molecule has 0 saturated heterocycles. The number of carbonyl (C=O) groups excluding carboxylic acids is 1. The lowest BCUT2D eigenvalue weighted by atomic mass is 10.1. The average molecular weight is 254 g/mol. The third-order valence-corrected chi connectivity index (χ3v) is 3.31. The molecule has 0 bridgehead atoms. The van der Waals surface area contributed by atoms with Gasteiger partial charge in [-0.2, -0.15) is 0 Å². The summed E-state index contributed by atoms with van der Waals surface area (Å²) in [6.07, 6.45) is 2.38. The van der Waals surface area contributed by atoms with Crippen molar-refractivity contribution in [3.8, 4) is 0 Å². The lowest BCUT2D eigenvalue weighted by Gasteiger charge is -2.17. The summed E-state index contributed by atoms with van der Waals surface area (Å²) in [5.41, 5.74) is 5.62. The summed E-state index contributed by atoms with van der Waals surface area (Å²) in [4.78, 5) is 11.7. The highest BCUT2D eigenvalue weighted by atomic mass is 19.1. The number of halogens is 2. The molecule has 98 valence electrons. The first-order valence-corrected chi connectivity index (χ1v) is 6.06. The molecular formula is C13H16F2N2O. The Morgan fingerprint density at radius 3 is 2.56 bits per heavy atom. The van der Waals surface area contributed by atoms with Gasteiger partial charge in [-0.05, 0) is 31.4 Å². The molecule has 0 aliphatic heterocycles. The van der Waals surface area contributed by atoms with E-state index in [1.165, 1.54) is 6.07 Å². The van der Waals surface area contributed by atoms with Crippen LogP contribution in [0.5, 0.6) is 0 Å². The van der Waals surface area contributed by atoms with E-state index in [1.807, 2.05) is 0 Å². The summed E-state index contributed by atoms with van der Waals surface area (Å²) < 4.78 is 26.7. The van der Waals surface area contributed by atoms with Gasteiger partial charge in [0, 0.05) is 17.6 Å². The van der Waals surface area contributed by atoms with E-state index in [4.69, 9.17) is 5.73 Å². The van der Waals surface area contributed by atoms with Gasteiger partial charge in [-0.25, -0.2) is 8.78 Å². The fourth-order valence-electron chi connectivity index (χ4n) is 2.29. The summed E-state index contributed by atoms with van der Waals surface area (Å²) in [7, 11) is 0. The molecule has 1 aromatic carbocycles. The van der Waals surface area contributed by atoms with Crippen LogP contribution in [0, 0.1) is 11.6 Å². The van der Waals surface area contributed by atoms with Gasteiger partial charge in [-0.3, -0.25) is 4.79 Å². The molecule has 3 N–H and O–H groups in total. The van der Waals surface area contributed by atoms with E-state index in [0.29, 0.717) is 0 Å². The van der Waals surface area contributed by atoms with Crippen LogP contribution in [0.4, 0.5) is 8.78 Å². The Morgan fingerprint density at radius 2 is 2.00 bits per heavy atom. The van der Waals surface area contributed by atoms with Crippen molar-refractivity contribution in [2.24, 2.45) is 5.73 Å². The van der Waals surface area contributed by atoms with Gasteiger partial charge in [0.15, 0.2) is 0 Å². The fourth-order valence-corrected chi connectivity index (χ4v) is 2.29. The second-order valence-corrected chi connectivity index (χ2v) is 4.65. The van der Waals surface area contributed by atoms with Gasteiger partial charge in [-0.15, -0.1) is 0 Å². The zero-order valence-corrected chi connectivity index (χ0v) is 9.96. The molecule has 1 aromatic rings. The standard InChI is InChI=1S/C13H16F2N2O/c14-9-3-1-4-10(15)8(9)7-13(18)17-12-6-2-5-11(12)16/h1,3-4,11-12H,2,5-7,16H2,(H,17,18). The average Bonchev–Trinajstić information content (AvgIpc) is 2.70. The molecule has 5 heteroatoms. The van der Waals surface area contributed by atoms with Crippen molar-refractivity contribution in [1.29, 1.82) is 0 Å². The van der Waals surface area contributed by atoms with Crippen molar-refractivity contribution in [2.75, 3.05) is 0 Å². The first kappa shape index (κ1) is 13.0. The number of carbonyl (C=O) groups is 1. The SMILES string of the molecule is NC1CCCC1NC(=O)Cc1c(F)cccc1F. The molecule has 2 atom stereocenters. The van der Waals surface area contributed by atoms with Gasteiger partial charge in [0.05, 0.1) is 6.42 Å². The minimum atomic E-state index is -0.694. The second kappa shape index (κ2) is 5.44. The number of nitrogens with two attached hydrogens (primary N) is 1. The van der Waals surface area contributed by atoms with Crippen molar-refractivity contribution in [3.05, 3.63) is 35.4 Å². The molecule has 0 aromatic heterocycles. The predicted octanol–water partition coefficient (Wildman–Crippen LogP) is 1.50. The van der Waals surface area contributed by atoms with Gasteiger partial charge in [0.25, 0.3) is 0 Å². The number of nitrogens with one attached hydrogen (secondary N) is 1. The van der Waals surface area contributed by atoms with Crippen LogP contribution < -0.4 is 11.1 Å². The number of hydrogen-bond donors (Lipinski definition) is 2. The maximum Gasteiger partial charge on any atom is 0.224 e. The van der Waals surface area contributed by atoms with Crippen LogP contribution in [-0.2, 0) is 11.2 Å². The third kappa shape index (κ3) is 2.85. The topological polar surface area (TPSA) is 55.1 Å². The lowest BCUT2D eigenvalue weighted by molar-refractivity contribution is -0.121. The molecule has 1 saturated carbocycles. The first-order valence-electron chi connectivity index (χ1n) is 6.06. The van der Waals surface area contributed by atoms with Crippen molar-refractivity contribution >= 4 is 5.91 Å². The lowest BCUT2D eigenvalue weighted by Crippen LogP contribution is -2.44. The van der Waals surface area contributed by atoms with Gasteiger partial charge >= 0.3 is 0 Å². The van der Waals surface area contributed by atoms with Crippen LogP contribution in [0.3, 0.4) is 0 Å². The highest BCUT2D eigenvalue weighted by Crippen LogP contribution is 2.18. The monoisotopic (exact) mass is 254 g/mol. The fraction of sp³-hybridized carbons (Fsp3) is 0.462. The van der Waals surface area contributed by atoms with Crippen LogP contribution in [-0.4, -0.2) is 18.0 Å². The minimum Gasteiger partial charge on any atom is -0.352 e. The van der Waals surface area contributed by atoms with Crippen LogP contribution in [0.2, 0.25) is 0 Å². The maximum absolute atomic E-state index is 13.4. The van der Waals surface area contributed by atoms with Crippen molar-refractivity contribution in [2.45, 2.75) is 37.8 Å². The Morgan fingerprint density at radius 1 is 1.33 bits per heavy atom. The molecule has 3 nitrogen and oxygen atoms in total. The largest absolute Gasteiger partial charge is 0.352 e. The molecule has 18 heavy (non-hydrogen) atoms. The van der Waals surface area contributed by atoms with E-state index in [1.54, 1.807) is 0 Å². The Labute approximate surface area is 104 Å². The van der Waals surface area contributed by atoms with Crippen molar-refractivity contribution in [1.82, 2.24) is 5.32 Å². The molecule has 0 spiro atoms. The van der Waals surface area contributed by atoms with E-state index >= 15 is 0 Å². The molecular weight excluding hydrogens is 238 g/mol. The Hall–Kier alpha value is -1.49. The Balaban J connectivity index is 1.99. The molecule has 2 rings (SSSR count). The van der Waals surface area contributed by atoms with Gasteiger partial charge in [0.2, 0.25) is 5.91 Å². The Kier molecular flexibility index (Phi) is 3.91. The van der Waals surface area contributed by atoms with E-state index < -0.39 is 11.6 Å². The molecule has 1 aliphatic carbocycles. The summed E-state index contributed by atoms with van der Waals surface area (Å²) in [5, 5.41) is 2.73. The van der Waals surface area contributed by atoms with E-state index in [2.05, 4.69) is 5.32 Å². The zero-order chi connectivity index (χ0) is 13.1. The highest BCUT2D eigenvalue weighted by Gasteiger charge is 2.25. The number of benzene rings is 1. The summed E-state index contributed by atoms with van der Waals surface area (Å²) in [5.74, 6) is -1.77. The third-order valence-electron chi connectivity index (χ3n) is 3.31. The summed E-state index contributed by atoms with van der Waals surface area (Å²) in [6.45, 7) is 0. The van der Waals surface area contributed by atoms with Crippen molar-refractivity contribution < 1.29 is 13.6 Å². The van der Waals surface area contributed by atoms with E-state index in [-0.39, 0.29) is 30.0 Å². The number of rotatable bonds is 3. The van der Waals surface area contributed by atoms with Gasteiger partial charge < -0.3 is 11.1 Å². The molecule has 0 radical (unpaired) electrons. The van der Waals surface area contributed by atoms with Crippen LogP contribution >= 0.6 is 0 Å². The van der Waals surface area contributed by atoms with E-state index in [9.17, 15) is 13.6 Å². The smallest absolute Gasteiger partial charge is 0.224 e. The predicted molar refractivity (Wildman–Crippen MR) is 63.8 cm³/mol. The number of amides is 1. The van der Waals surface area contributed by atoms with Crippen molar-refractivity contribution in [3.63, 3.8) is 0 Å². The first-order chi connectivity index (χ1) is 8.58. The summed E-state index contributed by atoms with van der Waals surface area (Å²) >= 11 is 0. The molecule has 1 fully saturated rings.